The van der Waals surface area contributed by atoms with Crippen molar-refractivity contribution < 1.29 is 9.53 Å². The molecule has 0 bridgehead atoms. The molecule has 0 radical (unpaired) electrons. The van der Waals surface area contributed by atoms with Gasteiger partial charge in [-0.05, 0) is 6.07 Å². The predicted octanol–water partition coefficient (Wildman–Crippen LogP) is 1.23. The van der Waals surface area contributed by atoms with Crippen LogP contribution in [0.2, 0.25) is 0 Å². The molecule has 70 valence electrons. The Hall–Kier alpha value is -1.23. The Bertz CT molecular complexity index is 304. The molecule has 0 saturated heterocycles. The van der Waals surface area contributed by atoms with Gasteiger partial charge in [-0.2, -0.15) is 0 Å². The molecule has 0 unspecified atom stereocenters. The number of nitrogens with one attached hydrogen (secondary N) is 1. The van der Waals surface area contributed by atoms with Crippen LogP contribution in [0.25, 0.3) is 0 Å². The summed E-state index contributed by atoms with van der Waals surface area (Å²) in [6.07, 6.45) is 0. The summed E-state index contributed by atoms with van der Waals surface area (Å²) in [6.45, 7) is 0.361. The van der Waals surface area contributed by atoms with E-state index in [0.717, 1.165) is 5.69 Å². The molecular formula is C8H10N2O2S. The summed E-state index contributed by atoms with van der Waals surface area (Å²) >= 11 is 3.57. The maximum absolute atomic E-state index is 10.5. The molecule has 1 aromatic rings. The van der Waals surface area contributed by atoms with Gasteiger partial charge >= 0.3 is 0 Å². The quantitative estimate of drug-likeness (QED) is 0.718. The standard InChI is InChI=1S/C8H10N2O2S/c1-12-7-4-2-3-6(10-7)5-9-8(11)13/h2-4H,5H2,1H3,(H2,9,11,13). The first kappa shape index (κ1) is 9.85. The monoisotopic (exact) mass is 198 g/mol. The van der Waals surface area contributed by atoms with E-state index in [1.807, 2.05) is 6.07 Å². The summed E-state index contributed by atoms with van der Waals surface area (Å²) in [6, 6.07) is 5.35. The van der Waals surface area contributed by atoms with Crippen molar-refractivity contribution >= 4 is 17.9 Å². The van der Waals surface area contributed by atoms with Gasteiger partial charge in [0, 0.05) is 6.07 Å². The zero-order valence-electron chi connectivity index (χ0n) is 7.15. The molecule has 1 rings (SSSR count). The summed E-state index contributed by atoms with van der Waals surface area (Å²) in [5.74, 6) is 0.533. The first-order valence-electron chi connectivity index (χ1n) is 3.69. The zero-order chi connectivity index (χ0) is 9.68. The fraction of sp³-hybridized carbons (Fsp3) is 0.250. The number of ether oxygens (including phenoxy) is 1. The Kier molecular flexibility index (Phi) is 3.57. The van der Waals surface area contributed by atoms with Gasteiger partial charge in [-0.1, -0.05) is 18.7 Å². The summed E-state index contributed by atoms with van der Waals surface area (Å²) in [5, 5.41) is 2.15. The van der Waals surface area contributed by atoms with Gasteiger partial charge in [0.1, 0.15) is 0 Å². The molecule has 1 N–H and O–H groups in total. The molecule has 1 heterocycles. The Morgan fingerprint density at radius 2 is 2.46 bits per heavy atom. The molecule has 0 aromatic carbocycles. The largest absolute Gasteiger partial charge is 0.481 e. The molecule has 0 aliphatic rings. The lowest BCUT2D eigenvalue weighted by atomic mass is 10.3. The van der Waals surface area contributed by atoms with Crippen LogP contribution in [0, 0.1) is 0 Å². The van der Waals surface area contributed by atoms with Crippen LogP contribution in [-0.4, -0.2) is 17.3 Å². The van der Waals surface area contributed by atoms with Crippen LogP contribution in [0.3, 0.4) is 0 Å². The molecule has 0 atom stereocenters. The normalized spacial score (nSPS) is 9.38. The van der Waals surface area contributed by atoms with Gasteiger partial charge in [0.05, 0.1) is 19.3 Å². The highest BCUT2D eigenvalue weighted by Crippen LogP contribution is 2.06. The van der Waals surface area contributed by atoms with Gasteiger partial charge in [0.2, 0.25) is 5.88 Å². The van der Waals surface area contributed by atoms with Crippen molar-refractivity contribution in [1.82, 2.24) is 10.3 Å². The lowest BCUT2D eigenvalue weighted by Crippen LogP contribution is -2.16. The van der Waals surface area contributed by atoms with Crippen molar-refractivity contribution in [3.05, 3.63) is 23.9 Å². The number of aromatic nitrogens is 1. The number of nitrogens with zero attached hydrogens (tertiary/aromatic N) is 1. The minimum atomic E-state index is -0.371. The van der Waals surface area contributed by atoms with E-state index in [9.17, 15) is 4.79 Å². The Morgan fingerprint density at radius 3 is 3.08 bits per heavy atom. The second kappa shape index (κ2) is 4.71. The fourth-order valence-corrected chi connectivity index (χ4v) is 0.915. The third kappa shape index (κ3) is 3.33. The van der Waals surface area contributed by atoms with Crippen LogP contribution >= 0.6 is 12.6 Å². The van der Waals surface area contributed by atoms with Crippen molar-refractivity contribution in [3.63, 3.8) is 0 Å². The molecule has 1 aromatic heterocycles. The molecular weight excluding hydrogens is 188 g/mol. The fourth-order valence-electron chi connectivity index (χ4n) is 0.836. The number of amides is 1. The molecule has 0 saturated carbocycles. The number of carbonyl (C=O) groups excluding carboxylic acids is 1. The topological polar surface area (TPSA) is 51.2 Å². The SMILES string of the molecule is COc1cccc(CNC(=O)S)n1. The first-order valence-corrected chi connectivity index (χ1v) is 4.14. The van der Waals surface area contributed by atoms with Gasteiger partial charge in [-0.3, -0.25) is 4.79 Å². The number of thiol groups is 1. The summed E-state index contributed by atoms with van der Waals surface area (Å²) in [4.78, 5) is 14.6. The van der Waals surface area contributed by atoms with Crippen molar-refractivity contribution in [2.24, 2.45) is 0 Å². The summed E-state index contributed by atoms with van der Waals surface area (Å²) in [7, 11) is 1.54. The van der Waals surface area contributed by atoms with Crippen molar-refractivity contribution in [1.29, 1.82) is 0 Å². The van der Waals surface area contributed by atoms with Crippen molar-refractivity contribution in [2.75, 3.05) is 7.11 Å². The number of hydrogen-bond donors (Lipinski definition) is 2. The summed E-state index contributed by atoms with van der Waals surface area (Å²) < 4.78 is 4.92. The van der Waals surface area contributed by atoms with E-state index in [2.05, 4.69) is 22.9 Å². The highest BCUT2D eigenvalue weighted by molar-refractivity contribution is 7.96. The lowest BCUT2D eigenvalue weighted by Gasteiger charge is -2.02. The van der Waals surface area contributed by atoms with Gasteiger partial charge in [0.15, 0.2) is 0 Å². The van der Waals surface area contributed by atoms with E-state index in [0.29, 0.717) is 12.4 Å². The molecule has 0 aliphatic heterocycles. The van der Waals surface area contributed by atoms with Gasteiger partial charge in [0.25, 0.3) is 5.24 Å². The highest BCUT2D eigenvalue weighted by atomic mass is 32.1. The van der Waals surface area contributed by atoms with E-state index in [-0.39, 0.29) is 5.24 Å². The van der Waals surface area contributed by atoms with E-state index in [1.165, 1.54) is 0 Å². The molecule has 0 aliphatic carbocycles. The number of rotatable bonds is 3. The van der Waals surface area contributed by atoms with Gasteiger partial charge < -0.3 is 10.1 Å². The smallest absolute Gasteiger partial charge is 0.276 e. The number of methoxy groups -OCH3 is 1. The minimum absolute atomic E-state index is 0.361. The predicted molar refractivity (Wildman–Crippen MR) is 52.0 cm³/mol. The minimum Gasteiger partial charge on any atom is -0.481 e. The number of hydrogen-bond acceptors (Lipinski definition) is 3. The molecule has 0 fully saturated rings. The molecule has 1 amide bonds. The second-order valence-corrected chi connectivity index (χ2v) is 2.74. The Balaban J connectivity index is 2.61. The Morgan fingerprint density at radius 1 is 1.69 bits per heavy atom. The molecule has 5 heteroatoms. The first-order chi connectivity index (χ1) is 6.22. The third-order valence-corrected chi connectivity index (χ3v) is 1.57. The van der Waals surface area contributed by atoms with Crippen LogP contribution in [0.5, 0.6) is 5.88 Å². The number of pyridine rings is 1. The maximum atomic E-state index is 10.5. The van der Waals surface area contributed by atoms with E-state index in [4.69, 9.17) is 4.74 Å². The second-order valence-electron chi connectivity index (χ2n) is 2.33. The van der Waals surface area contributed by atoms with E-state index in [1.54, 1.807) is 19.2 Å². The zero-order valence-corrected chi connectivity index (χ0v) is 8.04. The van der Waals surface area contributed by atoms with Crippen LogP contribution in [0.15, 0.2) is 18.2 Å². The van der Waals surface area contributed by atoms with E-state index < -0.39 is 0 Å². The molecule has 4 nitrogen and oxygen atoms in total. The number of carbonyl (C=O) groups is 1. The highest BCUT2D eigenvalue weighted by Gasteiger charge is 1.98. The third-order valence-electron chi connectivity index (χ3n) is 1.41. The maximum Gasteiger partial charge on any atom is 0.276 e. The van der Waals surface area contributed by atoms with Crippen LogP contribution in [0.4, 0.5) is 4.79 Å². The van der Waals surface area contributed by atoms with Crippen molar-refractivity contribution in [3.8, 4) is 5.88 Å². The van der Waals surface area contributed by atoms with Gasteiger partial charge in [-0.25, -0.2) is 4.98 Å². The Labute approximate surface area is 81.7 Å². The lowest BCUT2D eigenvalue weighted by molar-refractivity contribution is 0.260. The van der Waals surface area contributed by atoms with Crippen LogP contribution in [0.1, 0.15) is 5.69 Å². The van der Waals surface area contributed by atoms with Gasteiger partial charge in [-0.15, -0.1) is 0 Å². The van der Waals surface area contributed by atoms with Crippen LogP contribution in [-0.2, 0) is 6.54 Å². The van der Waals surface area contributed by atoms with Crippen LogP contribution < -0.4 is 10.1 Å². The average Bonchev–Trinajstić information content (AvgIpc) is 2.15. The summed E-state index contributed by atoms with van der Waals surface area (Å²) in [5.41, 5.74) is 0.738. The molecule has 13 heavy (non-hydrogen) atoms. The van der Waals surface area contributed by atoms with Crippen molar-refractivity contribution in [2.45, 2.75) is 6.54 Å². The average molecular weight is 198 g/mol. The van der Waals surface area contributed by atoms with E-state index >= 15 is 0 Å². The molecule has 0 spiro atoms.